The molecule has 5 rings (SSSR count). The van der Waals surface area contributed by atoms with E-state index >= 15 is 0 Å². The molecular weight excluding hydrogens is 428 g/mol. The fraction of sp³-hybridized carbons (Fsp3) is 0.500. The highest BCUT2D eigenvalue weighted by molar-refractivity contribution is 5.93. The van der Waals surface area contributed by atoms with Crippen LogP contribution in [-0.2, 0) is 13.0 Å². The van der Waals surface area contributed by atoms with Crippen molar-refractivity contribution in [1.29, 1.82) is 5.41 Å². The van der Waals surface area contributed by atoms with Gasteiger partial charge in [-0.2, -0.15) is 0 Å². The van der Waals surface area contributed by atoms with Crippen molar-refractivity contribution >= 4 is 17.4 Å². The summed E-state index contributed by atoms with van der Waals surface area (Å²) in [4.78, 5) is 21.2. The standard InChI is InChI=1S/C26H34N6O2/c27-25(19-6-3-7-19)32-15-22(16-32)30-21-8-10-28-24(12-21)26(34)29-13-23(33)17-31-11-9-18-4-1-2-5-20(18)14-31/h1-2,4-5,8,10,12,19,22-23,27,33H,3,6-7,9,11,13-17H2,(H,28,30)(H,29,34)/t23-/m0/s1. The Balaban J connectivity index is 1.06. The molecule has 1 aliphatic carbocycles. The molecule has 2 aromatic rings. The number of amidine groups is 1. The number of β-amino-alcohol motifs (C(OH)–C–C–N with tert-alkyl or cyclic N) is 1. The molecule has 0 spiro atoms. The number of nitrogens with zero attached hydrogens (tertiary/aromatic N) is 3. The van der Waals surface area contributed by atoms with Crippen LogP contribution in [0.2, 0.25) is 0 Å². The van der Waals surface area contributed by atoms with Gasteiger partial charge in [-0.25, -0.2) is 0 Å². The van der Waals surface area contributed by atoms with Gasteiger partial charge in [-0.1, -0.05) is 30.7 Å². The molecule has 2 aliphatic heterocycles. The third-order valence-corrected chi connectivity index (χ3v) is 7.25. The molecule has 1 saturated carbocycles. The monoisotopic (exact) mass is 462 g/mol. The average molecular weight is 463 g/mol. The van der Waals surface area contributed by atoms with Crippen LogP contribution in [0.1, 0.15) is 40.9 Å². The Morgan fingerprint density at radius 1 is 1.21 bits per heavy atom. The van der Waals surface area contributed by atoms with Gasteiger partial charge in [0.1, 0.15) is 5.69 Å². The second kappa shape index (κ2) is 10.1. The molecule has 8 nitrogen and oxygen atoms in total. The molecule has 0 radical (unpaired) electrons. The molecule has 1 aromatic carbocycles. The number of hydrogen-bond donors (Lipinski definition) is 4. The Kier molecular flexibility index (Phi) is 6.78. The molecular formula is C26H34N6O2. The molecule has 3 aliphatic rings. The molecule has 34 heavy (non-hydrogen) atoms. The largest absolute Gasteiger partial charge is 0.390 e. The minimum absolute atomic E-state index is 0.192. The summed E-state index contributed by atoms with van der Waals surface area (Å²) in [5.74, 6) is 0.957. The van der Waals surface area contributed by atoms with Gasteiger partial charge in [0.25, 0.3) is 5.91 Å². The highest BCUT2D eigenvalue weighted by Gasteiger charge is 2.34. The fourth-order valence-corrected chi connectivity index (χ4v) is 4.96. The molecule has 2 fully saturated rings. The SMILES string of the molecule is N=C(C1CCC1)N1CC(Nc2ccnc(C(=O)NC[C@H](O)CN3CCc4ccccc4C3)c2)C1. The van der Waals surface area contributed by atoms with Crippen molar-refractivity contribution in [3.63, 3.8) is 0 Å². The molecule has 3 heterocycles. The zero-order chi connectivity index (χ0) is 23.5. The molecule has 8 heteroatoms. The molecule has 0 unspecified atom stereocenters. The number of rotatable bonds is 8. The van der Waals surface area contributed by atoms with Crippen LogP contribution in [-0.4, -0.2) is 76.5 Å². The summed E-state index contributed by atoms with van der Waals surface area (Å²) in [7, 11) is 0. The van der Waals surface area contributed by atoms with Crippen molar-refractivity contribution < 1.29 is 9.90 Å². The number of nitrogens with one attached hydrogen (secondary N) is 3. The van der Waals surface area contributed by atoms with Crippen LogP contribution >= 0.6 is 0 Å². The van der Waals surface area contributed by atoms with Gasteiger partial charge in [0.2, 0.25) is 0 Å². The van der Waals surface area contributed by atoms with Crippen LogP contribution < -0.4 is 10.6 Å². The van der Waals surface area contributed by atoms with E-state index in [-0.39, 0.29) is 18.5 Å². The number of likely N-dealkylation sites (tertiary alicyclic amines) is 1. The first-order valence-corrected chi connectivity index (χ1v) is 12.4. The number of fused-ring (bicyclic) bond motifs is 1. The van der Waals surface area contributed by atoms with E-state index < -0.39 is 6.10 Å². The Morgan fingerprint density at radius 2 is 2.00 bits per heavy atom. The Morgan fingerprint density at radius 3 is 2.76 bits per heavy atom. The fourth-order valence-electron chi connectivity index (χ4n) is 4.96. The zero-order valence-electron chi connectivity index (χ0n) is 19.5. The van der Waals surface area contributed by atoms with E-state index in [1.54, 1.807) is 12.3 Å². The van der Waals surface area contributed by atoms with Crippen molar-refractivity contribution in [1.82, 2.24) is 20.1 Å². The summed E-state index contributed by atoms with van der Waals surface area (Å²) in [6.45, 7) is 4.11. The summed E-state index contributed by atoms with van der Waals surface area (Å²) in [6.07, 6.45) is 5.52. The summed E-state index contributed by atoms with van der Waals surface area (Å²) in [5.41, 5.74) is 3.88. The molecule has 1 saturated heterocycles. The molecule has 1 aromatic heterocycles. The van der Waals surface area contributed by atoms with Crippen LogP contribution in [0, 0.1) is 11.3 Å². The lowest BCUT2D eigenvalue weighted by molar-refractivity contribution is 0.0838. The van der Waals surface area contributed by atoms with E-state index in [4.69, 9.17) is 5.41 Å². The normalized spacial score (nSPS) is 19.5. The van der Waals surface area contributed by atoms with Gasteiger partial charge in [0, 0.05) is 57.1 Å². The average Bonchev–Trinajstić information content (AvgIpc) is 2.78. The third-order valence-electron chi connectivity index (χ3n) is 7.25. The van der Waals surface area contributed by atoms with Gasteiger partial charge in [-0.3, -0.25) is 20.1 Å². The lowest BCUT2D eigenvalue weighted by Crippen LogP contribution is -2.58. The number of carbonyl (C=O) groups is 1. The van der Waals surface area contributed by atoms with Gasteiger partial charge < -0.3 is 20.6 Å². The Bertz CT molecular complexity index is 1030. The van der Waals surface area contributed by atoms with E-state index in [0.29, 0.717) is 18.2 Å². The van der Waals surface area contributed by atoms with Crippen molar-refractivity contribution in [2.24, 2.45) is 5.92 Å². The number of benzene rings is 1. The molecule has 1 atom stereocenters. The van der Waals surface area contributed by atoms with Crippen molar-refractivity contribution in [2.75, 3.05) is 38.0 Å². The first kappa shape index (κ1) is 22.8. The van der Waals surface area contributed by atoms with E-state index in [1.807, 2.05) is 6.07 Å². The molecule has 0 bridgehead atoms. The lowest BCUT2D eigenvalue weighted by atomic mass is 9.83. The number of anilines is 1. The molecule has 180 valence electrons. The number of amides is 1. The summed E-state index contributed by atoms with van der Waals surface area (Å²) in [5, 5.41) is 25.0. The van der Waals surface area contributed by atoms with E-state index in [9.17, 15) is 9.90 Å². The van der Waals surface area contributed by atoms with Crippen molar-refractivity contribution in [3.8, 4) is 0 Å². The Labute approximate surface area is 200 Å². The maximum absolute atomic E-state index is 12.6. The first-order valence-electron chi connectivity index (χ1n) is 12.4. The van der Waals surface area contributed by atoms with Gasteiger partial charge in [0.05, 0.1) is 18.0 Å². The van der Waals surface area contributed by atoms with Gasteiger partial charge >= 0.3 is 0 Å². The second-order valence-corrected chi connectivity index (χ2v) is 9.81. The quantitative estimate of drug-likeness (QED) is 0.354. The van der Waals surface area contributed by atoms with Crippen molar-refractivity contribution in [3.05, 3.63) is 59.4 Å². The first-order chi connectivity index (χ1) is 16.5. The zero-order valence-corrected chi connectivity index (χ0v) is 19.5. The Hall–Kier alpha value is -2.97. The second-order valence-electron chi connectivity index (χ2n) is 9.81. The highest BCUT2D eigenvalue weighted by atomic mass is 16.3. The van der Waals surface area contributed by atoms with Crippen LogP contribution in [0.5, 0.6) is 0 Å². The minimum Gasteiger partial charge on any atom is -0.390 e. The maximum Gasteiger partial charge on any atom is 0.270 e. The number of aromatic nitrogens is 1. The van der Waals surface area contributed by atoms with E-state index in [0.717, 1.165) is 57.0 Å². The molecule has 4 N–H and O–H groups in total. The lowest BCUT2D eigenvalue weighted by Gasteiger charge is -2.45. The number of hydrogen-bond acceptors (Lipinski definition) is 6. The summed E-state index contributed by atoms with van der Waals surface area (Å²) < 4.78 is 0. The third kappa shape index (κ3) is 5.23. The smallest absolute Gasteiger partial charge is 0.270 e. The van der Waals surface area contributed by atoms with Gasteiger partial charge in [-0.05, 0) is 42.5 Å². The molecule has 1 amide bonds. The topological polar surface area (TPSA) is 105 Å². The van der Waals surface area contributed by atoms with Crippen LogP contribution in [0.3, 0.4) is 0 Å². The minimum atomic E-state index is -0.637. The van der Waals surface area contributed by atoms with Crippen LogP contribution in [0.4, 0.5) is 5.69 Å². The predicted molar refractivity (Wildman–Crippen MR) is 132 cm³/mol. The number of aliphatic hydroxyl groups is 1. The number of carbonyl (C=O) groups excluding carboxylic acids is 1. The highest BCUT2D eigenvalue weighted by Crippen LogP contribution is 2.30. The number of aliphatic hydroxyl groups excluding tert-OH is 1. The van der Waals surface area contributed by atoms with Crippen LogP contribution in [0.15, 0.2) is 42.6 Å². The maximum atomic E-state index is 12.6. The summed E-state index contributed by atoms with van der Waals surface area (Å²) >= 11 is 0. The number of pyridine rings is 1. The van der Waals surface area contributed by atoms with E-state index in [2.05, 4.69) is 49.7 Å². The van der Waals surface area contributed by atoms with Gasteiger partial charge in [-0.15, -0.1) is 0 Å². The van der Waals surface area contributed by atoms with Gasteiger partial charge in [0.15, 0.2) is 0 Å². The van der Waals surface area contributed by atoms with Crippen LogP contribution in [0.25, 0.3) is 0 Å². The van der Waals surface area contributed by atoms with E-state index in [1.165, 1.54) is 17.5 Å². The van der Waals surface area contributed by atoms with Crippen molar-refractivity contribution in [2.45, 2.75) is 44.4 Å². The summed E-state index contributed by atoms with van der Waals surface area (Å²) in [6, 6.07) is 12.3. The predicted octanol–water partition coefficient (Wildman–Crippen LogP) is 2.10.